The summed E-state index contributed by atoms with van der Waals surface area (Å²) in [5, 5.41) is 9.75. The molecule has 1 aliphatic rings. The molecular weight excluding hydrogens is 216 g/mol. The van der Waals surface area contributed by atoms with Crippen LogP contribution in [0.25, 0.3) is 0 Å². The second-order valence-corrected chi connectivity index (χ2v) is 4.46. The van der Waals surface area contributed by atoms with E-state index < -0.39 is 6.10 Å². The molecule has 0 bridgehead atoms. The molecule has 0 radical (unpaired) electrons. The highest BCUT2D eigenvalue weighted by Crippen LogP contribution is 2.22. The zero-order chi connectivity index (χ0) is 12.7. The summed E-state index contributed by atoms with van der Waals surface area (Å²) in [6.07, 6.45) is 9.47. The van der Waals surface area contributed by atoms with Crippen molar-refractivity contribution in [3.05, 3.63) is 12.7 Å². The maximum Gasteiger partial charge on any atom is 0.158 e. The number of hydrogen-bond donors (Lipinski definition) is 1. The molecule has 0 aromatic heterocycles. The lowest BCUT2D eigenvalue weighted by atomic mass is 9.95. The van der Waals surface area contributed by atoms with Gasteiger partial charge in [0.2, 0.25) is 0 Å². The van der Waals surface area contributed by atoms with E-state index in [0.717, 1.165) is 25.9 Å². The Morgan fingerprint density at radius 3 is 2.94 bits per heavy atom. The lowest BCUT2D eigenvalue weighted by molar-refractivity contribution is -0.200. The largest absolute Gasteiger partial charge is 0.389 e. The van der Waals surface area contributed by atoms with Gasteiger partial charge in [-0.05, 0) is 19.3 Å². The summed E-state index contributed by atoms with van der Waals surface area (Å²) in [6, 6.07) is 0. The van der Waals surface area contributed by atoms with E-state index in [1.807, 2.05) is 6.92 Å². The molecule has 4 atom stereocenters. The Morgan fingerprint density at radius 1 is 1.65 bits per heavy atom. The summed E-state index contributed by atoms with van der Waals surface area (Å²) in [5.41, 5.74) is 0. The second-order valence-electron chi connectivity index (χ2n) is 4.46. The van der Waals surface area contributed by atoms with Crippen molar-refractivity contribution in [2.24, 2.45) is 5.92 Å². The summed E-state index contributed by atoms with van der Waals surface area (Å²) in [6.45, 7) is 6.24. The van der Waals surface area contributed by atoms with Gasteiger partial charge < -0.3 is 14.6 Å². The monoisotopic (exact) mass is 238 g/mol. The van der Waals surface area contributed by atoms with Gasteiger partial charge in [0, 0.05) is 18.9 Å². The summed E-state index contributed by atoms with van der Waals surface area (Å²) in [4.78, 5) is 0. The van der Waals surface area contributed by atoms with Crippen molar-refractivity contribution in [2.75, 3.05) is 6.61 Å². The zero-order valence-electron chi connectivity index (χ0n) is 10.5. The van der Waals surface area contributed by atoms with Crippen LogP contribution in [0.3, 0.4) is 0 Å². The first-order valence-electron chi connectivity index (χ1n) is 6.20. The Hall–Kier alpha value is -0.820. The van der Waals surface area contributed by atoms with E-state index in [0.29, 0.717) is 6.42 Å². The Kier molecular flexibility index (Phi) is 6.28. The van der Waals surface area contributed by atoms with Crippen LogP contribution in [0.15, 0.2) is 12.7 Å². The molecule has 0 aliphatic carbocycles. The first-order chi connectivity index (χ1) is 8.19. The zero-order valence-corrected chi connectivity index (χ0v) is 10.5. The van der Waals surface area contributed by atoms with Crippen LogP contribution in [0.1, 0.15) is 32.6 Å². The molecule has 2 unspecified atom stereocenters. The van der Waals surface area contributed by atoms with E-state index in [1.54, 1.807) is 0 Å². The number of hydrogen-bond acceptors (Lipinski definition) is 3. The molecule has 1 aliphatic heterocycles. The minimum absolute atomic E-state index is 0.0749. The van der Waals surface area contributed by atoms with E-state index >= 15 is 0 Å². The van der Waals surface area contributed by atoms with Crippen LogP contribution >= 0.6 is 0 Å². The Balaban J connectivity index is 2.52. The standard InChI is InChI=1S/C14H22O3/c1-4-8-13(11(3)12(15)5-2)17-14-9-6-7-10-16-14/h1,5,11-15H,2,6-10H2,3H3/t11-,12?,13-,14?/m1/s1. The van der Waals surface area contributed by atoms with E-state index in [-0.39, 0.29) is 18.3 Å². The quantitative estimate of drug-likeness (QED) is 0.569. The van der Waals surface area contributed by atoms with Gasteiger partial charge in [-0.25, -0.2) is 0 Å². The van der Waals surface area contributed by atoms with Crippen molar-refractivity contribution in [2.45, 2.75) is 51.1 Å². The third kappa shape index (κ3) is 4.51. The number of rotatable bonds is 6. The average molecular weight is 238 g/mol. The van der Waals surface area contributed by atoms with Crippen molar-refractivity contribution in [3.63, 3.8) is 0 Å². The second kappa shape index (κ2) is 7.50. The topological polar surface area (TPSA) is 38.7 Å². The predicted octanol–water partition coefficient (Wildman–Crippen LogP) is 2.10. The molecular formula is C14H22O3. The molecule has 1 heterocycles. The molecule has 0 aromatic carbocycles. The maximum atomic E-state index is 9.75. The van der Waals surface area contributed by atoms with E-state index in [4.69, 9.17) is 15.9 Å². The lowest BCUT2D eigenvalue weighted by Crippen LogP contribution is -2.35. The third-order valence-electron chi connectivity index (χ3n) is 3.15. The minimum atomic E-state index is -0.600. The van der Waals surface area contributed by atoms with Crippen molar-refractivity contribution in [3.8, 4) is 12.3 Å². The highest BCUT2D eigenvalue weighted by Gasteiger charge is 2.26. The normalized spacial score (nSPS) is 25.6. The van der Waals surface area contributed by atoms with E-state index in [2.05, 4.69) is 12.5 Å². The molecule has 0 aromatic rings. The summed E-state index contributed by atoms with van der Waals surface area (Å²) < 4.78 is 11.4. The van der Waals surface area contributed by atoms with Crippen LogP contribution in [0.2, 0.25) is 0 Å². The fourth-order valence-corrected chi connectivity index (χ4v) is 1.92. The molecule has 0 amide bonds. The number of aliphatic hydroxyl groups excluding tert-OH is 1. The molecule has 1 fully saturated rings. The molecule has 17 heavy (non-hydrogen) atoms. The summed E-state index contributed by atoms with van der Waals surface area (Å²) >= 11 is 0. The van der Waals surface area contributed by atoms with Gasteiger partial charge in [0.1, 0.15) is 0 Å². The lowest BCUT2D eigenvalue weighted by Gasteiger charge is -2.31. The van der Waals surface area contributed by atoms with E-state index in [9.17, 15) is 5.11 Å². The fourth-order valence-electron chi connectivity index (χ4n) is 1.92. The molecule has 1 N–H and O–H groups in total. The van der Waals surface area contributed by atoms with Crippen LogP contribution in [-0.2, 0) is 9.47 Å². The smallest absolute Gasteiger partial charge is 0.158 e. The van der Waals surface area contributed by atoms with Gasteiger partial charge >= 0.3 is 0 Å². The minimum Gasteiger partial charge on any atom is -0.389 e. The molecule has 3 nitrogen and oxygen atoms in total. The van der Waals surface area contributed by atoms with Gasteiger partial charge in [0.15, 0.2) is 6.29 Å². The van der Waals surface area contributed by atoms with Crippen LogP contribution in [0, 0.1) is 18.3 Å². The molecule has 0 spiro atoms. The average Bonchev–Trinajstić information content (AvgIpc) is 2.37. The Bertz CT molecular complexity index is 263. The Morgan fingerprint density at radius 2 is 2.41 bits per heavy atom. The maximum absolute atomic E-state index is 9.75. The van der Waals surface area contributed by atoms with E-state index in [1.165, 1.54) is 6.08 Å². The summed E-state index contributed by atoms with van der Waals surface area (Å²) in [5.74, 6) is 2.52. The van der Waals surface area contributed by atoms with Crippen molar-refractivity contribution < 1.29 is 14.6 Å². The number of ether oxygens (including phenoxy) is 2. The first-order valence-corrected chi connectivity index (χ1v) is 6.20. The van der Waals surface area contributed by atoms with Crippen molar-refractivity contribution in [1.82, 2.24) is 0 Å². The predicted molar refractivity (Wildman–Crippen MR) is 67.3 cm³/mol. The van der Waals surface area contributed by atoms with Gasteiger partial charge in [0.05, 0.1) is 12.2 Å². The highest BCUT2D eigenvalue weighted by atomic mass is 16.7. The van der Waals surface area contributed by atoms with Crippen LogP contribution in [0.4, 0.5) is 0 Å². The number of terminal acetylenes is 1. The molecule has 0 saturated carbocycles. The molecule has 96 valence electrons. The van der Waals surface area contributed by atoms with Gasteiger partial charge in [-0.2, -0.15) is 0 Å². The molecule has 3 heteroatoms. The third-order valence-corrected chi connectivity index (χ3v) is 3.15. The van der Waals surface area contributed by atoms with Crippen LogP contribution < -0.4 is 0 Å². The van der Waals surface area contributed by atoms with Crippen LogP contribution in [-0.4, -0.2) is 30.2 Å². The van der Waals surface area contributed by atoms with Crippen molar-refractivity contribution in [1.29, 1.82) is 0 Å². The highest BCUT2D eigenvalue weighted by molar-refractivity contribution is 4.94. The van der Waals surface area contributed by atoms with Gasteiger partial charge in [-0.3, -0.25) is 0 Å². The SMILES string of the molecule is C#CC[C@@H](OC1CCCCO1)[C@H](C)C(O)C=C. The fraction of sp³-hybridized carbons (Fsp3) is 0.714. The number of aliphatic hydroxyl groups is 1. The first kappa shape index (κ1) is 14.2. The van der Waals surface area contributed by atoms with Crippen molar-refractivity contribution >= 4 is 0 Å². The van der Waals surface area contributed by atoms with Gasteiger partial charge in [-0.1, -0.05) is 13.0 Å². The Labute approximate surface area is 104 Å². The summed E-state index contributed by atoms with van der Waals surface area (Å²) in [7, 11) is 0. The van der Waals surface area contributed by atoms with Crippen LogP contribution in [0.5, 0.6) is 0 Å². The van der Waals surface area contributed by atoms with Gasteiger partial charge in [0.25, 0.3) is 0 Å². The molecule has 1 saturated heterocycles. The van der Waals surface area contributed by atoms with Gasteiger partial charge in [-0.15, -0.1) is 18.9 Å². The molecule has 1 rings (SSSR count).